The molecule has 3 rings (SSSR count). The molecule has 1 N–H and O–H groups in total. The Morgan fingerprint density at radius 3 is 2.73 bits per heavy atom. The van der Waals surface area contributed by atoms with Crippen molar-refractivity contribution in [2.24, 2.45) is 7.05 Å². The number of carbonyl (C=O) groups excluding carboxylic acids is 1. The maximum atomic E-state index is 12.3. The number of amides is 1. The van der Waals surface area contributed by atoms with E-state index in [1.54, 1.807) is 36.0 Å². The molecule has 0 bridgehead atoms. The molecule has 110 valence electrons. The van der Waals surface area contributed by atoms with Crippen molar-refractivity contribution in [2.75, 3.05) is 5.32 Å². The van der Waals surface area contributed by atoms with Gasteiger partial charge in [-0.05, 0) is 41.6 Å². The van der Waals surface area contributed by atoms with E-state index >= 15 is 0 Å². The number of nitrogens with one attached hydrogen (secondary N) is 1. The average molecular weight is 294 g/mol. The van der Waals surface area contributed by atoms with Crippen LogP contribution in [-0.4, -0.2) is 31.1 Å². The average Bonchev–Trinajstić information content (AvgIpc) is 2.93. The third kappa shape index (κ3) is 2.83. The predicted molar refractivity (Wildman–Crippen MR) is 81.2 cm³/mol. The third-order valence-corrected chi connectivity index (χ3v) is 3.13. The molecular weight excluding hydrogens is 280 g/mol. The van der Waals surface area contributed by atoms with Crippen LogP contribution >= 0.6 is 0 Å². The highest BCUT2D eigenvalue weighted by atomic mass is 16.1. The predicted octanol–water partition coefficient (Wildman–Crippen LogP) is 1.83. The first-order valence-electron chi connectivity index (χ1n) is 6.71. The van der Waals surface area contributed by atoms with Crippen LogP contribution in [0.4, 0.5) is 5.82 Å². The van der Waals surface area contributed by atoms with E-state index in [0.29, 0.717) is 17.2 Å². The van der Waals surface area contributed by atoms with Gasteiger partial charge in [0.15, 0.2) is 5.82 Å². The summed E-state index contributed by atoms with van der Waals surface area (Å²) in [6.45, 7) is 1.87. The Balaban J connectivity index is 1.86. The number of hydrogen-bond acceptors (Lipinski definition) is 5. The first-order valence-corrected chi connectivity index (χ1v) is 6.71. The summed E-state index contributed by atoms with van der Waals surface area (Å²) in [6, 6.07) is 12.6. The number of carbonyl (C=O) groups is 1. The Labute approximate surface area is 127 Å². The van der Waals surface area contributed by atoms with Crippen LogP contribution in [0.5, 0.6) is 0 Å². The van der Waals surface area contributed by atoms with Crippen LogP contribution in [0, 0.1) is 6.92 Å². The molecule has 0 spiro atoms. The van der Waals surface area contributed by atoms with Crippen LogP contribution < -0.4 is 5.32 Å². The Morgan fingerprint density at radius 1 is 1.18 bits per heavy atom. The summed E-state index contributed by atoms with van der Waals surface area (Å²) in [4.78, 5) is 16.6. The monoisotopic (exact) mass is 294 g/mol. The smallest absolute Gasteiger partial charge is 0.256 e. The van der Waals surface area contributed by atoms with Gasteiger partial charge >= 0.3 is 0 Å². The van der Waals surface area contributed by atoms with E-state index in [2.05, 4.69) is 25.8 Å². The fourth-order valence-electron chi connectivity index (χ4n) is 2.07. The Kier molecular flexibility index (Phi) is 3.61. The van der Waals surface area contributed by atoms with Crippen LogP contribution in [0.1, 0.15) is 16.1 Å². The van der Waals surface area contributed by atoms with Crippen molar-refractivity contribution in [2.45, 2.75) is 6.92 Å². The van der Waals surface area contributed by atoms with Crippen LogP contribution in [-0.2, 0) is 7.05 Å². The number of hydrogen-bond donors (Lipinski definition) is 1. The van der Waals surface area contributed by atoms with E-state index in [4.69, 9.17) is 0 Å². The normalized spacial score (nSPS) is 10.5. The molecule has 2 heterocycles. The fourth-order valence-corrected chi connectivity index (χ4v) is 2.07. The second kappa shape index (κ2) is 5.72. The Morgan fingerprint density at radius 2 is 2.00 bits per heavy atom. The molecule has 22 heavy (non-hydrogen) atoms. The summed E-state index contributed by atoms with van der Waals surface area (Å²) in [5, 5.41) is 14.1. The van der Waals surface area contributed by atoms with Crippen molar-refractivity contribution >= 4 is 11.7 Å². The summed E-state index contributed by atoms with van der Waals surface area (Å²) in [5.74, 6) is 0.897. The molecule has 0 saturated carbocycles. The van der Waals surface area contributed by atoms with Gasteiger partial charge in [0, 0.05) is 23.9 Å². The molecule has 0 unspecified atom stereocenters. The Hall–Kier alpha value is -3.09. The lowest BCUT2D eigenvalue weighted by Crippen LogP contribution is -2.13. The van der Waals surface area contributed by atoms with Gasteiger partial charge in [0.25, 0.3) is 5.91 Å². The van der Waals surface area contributed by atoms with Gasteiger partial charge in [-0.3, -0.25) is 4.79 Å². The van der Waals surface area contributed by atoms with E-state index in [-0.39, 0.29) is 5.91 Å². The zero-order valence-electron chi connectivity index (χ0n) is 12.2. The zero-order chi connectivity index (χ0) is 15.5. The van der Waals surface area contributed by atoms with E-state index in [9.17, 15) is 4.79 Å². The summed E-state index contributed by atoms with van der Waals surface area (Å²) in [7, 11) is 1.75. The fraction of sp³-hybridized carbons (Fsp3) is 0.133. The highest BCUT2D eigenvalue weighted by molar-refractivity contribution is 6.04. The van der Waals surface area contributed by atoms with Gasteiger partial charge < -0.3 is 5.32 Å². The van der Waals surface area contributed by atoms with Crippen LogP contribution in [0.3, 0.4) is 0 Å². The lowest BCUT2D eigenvalue weighted by atomic mass is 10.1. The maximum Gasteiger partial charge on any atom is 0.256 e. The molecule has 0 aliphatic rings. The van der Waals surface area contributed by atoms with Crippen LogP contribution in [0.2, 0.25) is 0 Å². The molecule has 0 aliphatic heterocycles. The summed E-state index contributed by atoms with van der Waals surface area (Å²) < 4.78 is 1.55. The highest BCUT2D eigenvalue weighted by Gasteiger charge is 2.11. The van der Waals surface area contributed by atoms with Gasteiger partial charge in [-0.25, -0.2) is 9.67 Å². The SMILES string of the molecule is Cc1cccc(NC(=O)c2cccc(-c3nnnn3C)c2)n1. The van der Waals surface area contributed by atoms with Crippen molar-refractivity contribution in [3.8, 4) is 11.4 Å². The number of benzene rings is 1. The van der Waals surface area contributed by atoms with E-state index in [0.717, 1.165) is 11.3 Å². The van der Waals surface area contributed by atoms with Gasteiger partial charge in [-0.1, -0.05) is 18.2 Å². The molecule has 0 fully saturated rings. The van der Waals surface area contributed by atoms with Crippen molar-refractivity contribution < 1.29 is 4.79 Å². The first-order chi connectivity index (χ1) is 10.6. The molecule has 1 amide bonds. The van der Waals surface area contributed by atoms with Crippen molar-refractivity contribution in [3.63, 3.8) is 0 Å². The number of anilines is 1. The molecule has 0 saturated heterocycles. The molecule has 0 aliphatic carbocycles. The quantitative estimate of drug-likeness (QED) is 0.796. The van der Waals surface area contributed by atoms with Gasteiger partial charge in [0.05, 0.1) is 0 Å². The largest absolute Gasteiger partial charge is 0.307 e. The molecule has 0 atom stereocenters. The Bertz CT molecular complexity index is 826. The van der Waals surface area contributed by atoms with E-state index in [1.165, 1.54) is 0 Å². The van der Waals surface area contributed by atoms with Crippen LogP contribution in [0.25, 0.3) is 11.4 Å². The minimum Gasteiger partial charge on any atom is -0.307 e. The lowest BCUT2D eigenvalue weighted by Gasteiger charge is -2.06. The second-order valence-electron chi connectivity index (χ2n) is 4.83. The third-order valence-electron chi connectivity index (χ3n) is 3.13. The van der Waals surface area contributed by atoms with Crippen molar-refractivity contribution in [1.82, 2.24) is 25.2 Å². The second-order valence-corrected chi connectivity index (χ2v) is 4.83. The number of nitrogens with zero attached hydrogens (tertiary/aromatic N) is 5. The summed E-state index contributed by atoms with van der Waals surface area (Å²) in [5.41, 5.74) is 2.14. The first kappa shape index (κ1) is 13.9. The molecular formula is C15H14N6O. The number of aryl methyl sites for hydroxylation is 2. The molecule has 3 aromatic rings. The van der Waals surface area contributed by atoms with E-state index < -0.39 is 0 Å². The van der Waals surface area contributed by atoms with Gasteiger partial charge in [-0.15, -0.1) is 5.10 Å². The molecule has 2 aromatic heterocycles. The minimum atomic E-state index is -0.227. The number of rotatable bonds is 3. The molecule has 7 nitrogen and oxygen atoms in total. The van der Waals surface area contributed by atoms with Crippen LogP contribution in [0.15, 0.2) is 42.5 Å². The summed E-state index contributed by atoms with van der Waals surface area (Å²) >= 11 is 0. The van der Waals surface area contributed by atoms with Crippen molar-refractivity contribution in [1.29, 1.82) is 0 Å². The molecule has 0 radical (unpaired) electrons. The maximum absolute atomic E-state index is 12.3. The van der Waals surface area contributed by atoms with Gasteiger partial charge in [0.1, 0.15) is 5.82 Å². The number of pyridine rings is 1. The minimum absolute atomic E-state index is 0.227. The number of tetrazole rings is 1. The van der Waals surface area contributed by atoms with E-state index in [1.807, 2.05) is 25.1 Å². The summed E-state index contributed by atoms with van der Waals surface area (Å²) in [6.07, 6.45) is 0. The van der Waals surface area contributed by atoms with Gasteiger partial charge in [-0.2, -0.15) is 0 Å². The molecule has 7 heteroatoms. The van der Waals surface area contributed by atoms with Gasteiger partial charge in [0.2, 0.25) is 0 Å². The molecule has 1 aromatic carbocycles. The number of aromatic nitrogens is 5. The topological polar surface area (TPSA) is 85.6 Å². The standard InChI is InChI=1S/C15H14N6O/c1-10-5-3-8-13(16-10)17-15(22)12-7-4-6-11(9-12)14-18-19-20-21(14)2/h3-9H,1-2H3,(H,16,17,22). The lowest BCUT2D eigenvalue weighted by molar-refractivity contribution is 0.102. The van der Waals surface area contributed by atoms with Crippen molar-refractivity contribution in [3.05, 3.63) is 53.7 Å². The zero-order valence-corrected chi connectivity index (χ0v) is 12.2. The highest BCUT2D eigenvalue weighted by Crippen LogP contribution is 2.17.